The molecule has 0 fully saturated rings. The van der Waals surface area contributed by atoms with Gasteiger partial charge in [-0.3, -0.25) is 0 Å². The number of nitrogens with zero attached hydrogens (tertiary/aromatic N) is 4. The zero-order chi connectivity index (χ0) is 45.8. The third kappa shape index (κ3) is 6.70. The van der Waals surface area contributed by atoms with E-state index in [1.165, 1.54) is 5.39 Å². The molecule has 0 amide bonds. The number of aliphatic imine (C=N–C) groups is 2. The first kappa shape index (κ1) is 40.0. The lowest BCUT2D eigenvalue weighted by atomic mass is 9.92. The Labute approximate surface area is 398 Å². The number of benzene rings is 10. The first-order valence-corrected chi connectivity index (χ1v) is 23.3. The van der Waals surface area contributed by atoms with E-state index in [9.17, 15) is 0 Å². The molecule has 324 valence electrons. The second-order valence-corrected chi connectivity index (χ2v) is 17.4. The number of amidine groups is 1. The monoisotopic (exact) mass is 882 g/mol. The van der Waals surface area contributed by atoms with Crippen molar-refractivity contribution in [1.29, 1.82) is 0 Å². The third-order valence-electron chi connectivity index (χ3n) is 13.3. The van der Waals surface area contributed by atoms with Crippen LogP contribution in [0.2, 0.25) is 0 Å². The third-order valence-corrected chi connectivity index (χ3v) is 13.3. The Bertz CT molecular complexity index is 4100. The van der Waals surface area contributed by atoms with Crippen molar-refractivity contribution in [3.8, 4) is 33.6 Å². The summed E-state index contributed by atoms with van der Waals surface area (Å²) < 4.78 is 12.1. The van der Waals surface area contributed by atoms with Gasteiger partial charge in [0.15, 0.2) is 11.4 Å². The van der Waals surface area contributed by atoms with Crippen molar-refractivity contribution in [3.05, 3.63) is 260 Å². The summed E-state index contributed by atoms with van der Waals surface area (Å²) in [6, 6.07) is 83.0. The van der Waals surface area contributed by atoms with E-state index < -0.39 is 0 Å². The van der Waals surface area contributed by atoms with Gasteiger partial charge in [0.2, 0.25) is 0 Å². The molecule has 0 atom stereocenters. The highest BCUT2D eigenvalue weighted by atomic mass is 16.3. The predicted molar refractivity (Wildman–Crippen MR) is 289 cm³/mol. The summed E-state index contributed by atoms with van der Waals surface area (Å²) in [5.74, 6) is 0.578. The first-order chi connectivity index (χ1) is 34.2. The van der Waals surface area contributed by atoms with Crippen molar-refractivity contribution in [2.24, 2.45) is 9.98 Å². The van der Waals surface area contributed by atoms with Crippen molar-refractivity contribution in [3.63, 3.8) is 0 Å². The summed E-state index contributed by atoms with van der Waals surface area (Å²) >= 11 is 0. The van der Waals surface area contributed by atoms with Crippen LogP contribution in [0.15, 0.2) is 258 Å². The number of fused-ring (bicyclic) bond motifs is 11. The highest BCUT2D eigenvalue weighted by Gasteiger charge is 2.26. The number of hydrogen-bond donors (Lipinski definition) is 0. The molecule has 0 bridgehead atoms. The Morgan fingerprint density at radius 1 is 0.435 bits per heavy atom. The summed E-state index contributed by atoms with van der Waals surface area (Å²) in [4.78, 5) is 10.2. The van der Waals surface area contributed by atoms with Gasteiger partial charge in [-0.1, -0.05) is 189 Å². The Kier molecular flexibility index (Phi) is 9.58. The standard InChI is InChI=1S/C64H42N4O/c1-42(66-64(46-27-13-5-14-28-46)65-41-43-21-7-2-8-22-43)47-39-54(44-23-9-3-10-24-44)60(55(40-47)45-25-11-4-12-26-45)68-57-34-20-18-32-53(57)59-58(68)38-37-51-52-36-35-50-49-31-17-19-33-56(49)67(48-29-15-6-16-30-48)61(50)63(52)69-62(51)59/h2-41H,1H2. The lowest BCUT2D eigenvalue weighted by Crippen LogP contribution is -2.03. The maximum Gasteiger partial charge on any atom is 0.160 e. The van der Waals surface area contributed by atoms with Gasteiger partial charge in [0.05, 0.1) is 38.8 Å². The van der Waals surface area contributed by atoms with Gasteiger partial charge in [-0.15, -0.1) is 0 Å². The predicted octanol–water partition coefficient (Wildman–Crippen LogP) is 16.7. The molecule has 0 radical (unpaired) electrons. The van der Waals surface area contributed by atoms with Crippen molar-refractivity contribution in [2.75, 3.05) is 0 Å². The Morgan fingerprint density at radius 3 is 1.62 bits per heavy atom. The smallest absolute Gasteiger partial charge is 0.160 e. The average Bonchev–Trinajstić information content (AvgIpc) is 4.08. The minimum atomic E-state index is 0.578. The van der Waals surface area contributed by atoms with Crippen molar-refractivity contribution >= 4 is 83.3 Å². The number of hydrogen-bond acceptors (Lipinski definition) is 2. The topological polar surface area (TPSA) is 47.7 Å². The van der Waals surface area contributed by atoms with E-state index in [0.29, 0.717) is 11.5 Å². The molecule has 3 heterocycles. The van der Waals surface area contributed by atoms with Crippen LogP contribution in [0.5, 0.6) is 0 Å². The number of furan rings is 1. The Balaban J connectivity index is 1.09. The summed E-state index contributed by atoms with van der Waals surface area (Å²) in [5, 5.41) is 6.68. The molecule has 0 saturated heterocycles. The van der Waals surface area contributed by atoms with E-state index in [2.05, 4.69) is 192 Å². The molecule has 0 aliphatic heterocycles. The maximum absolute atomic E-state index is 7.36. The number of rotatable bonds is 8. The van der Waals surface area contributed by atoms with E-state index in [-0.39, 0.29) is 0 Å². The minimum Gasteiger partial charge on any atom is -0.453 e. The van der Waals surface area contributed by atoms with Gasteiger partial charge in [0.1, 0.15) is 5.58 Å². The van der Waals surface area contributed by atoms with Gasteiger partial charge in [-0.05, 0) is 71.3 Å². The van der Waals surface area contributed by atoms with Crippen molar-refractivity contribution in [1.82, 2.24) is 9.13 Å². The lowest BCUT2D eigenvalue weighted by Gasteiger charge is -2.21. The molecule has 0 aliphatic rings. The lowest BCUT2D eigenvalue weighted by molar-refractivity contribution is 0.675. The van der Waals surface area contributed by atoms with Gasteiger partial charge in [0.25, 0.3) is 0 Å². The maximum atomic E-state index is 7.36. The molecule has 5 heteroatoms. The minimum absolute atomic E-state index is 0.578. The highest BCUT2D eigenvalue weighted by Crippen LogP contribution is 2.47. The molecule has 10 aromatic carbocycles. The van der Waals surface area contributed by atoms with E-state index in [0.717, 1.165) is 110 Å². The molecule has 3 aromatic heterocycles. The molecular formula is C64H42N4O. The molecule has 0 unspecified atom stereocenters. The fraction of sp³-hybridized carbons (Fsp3) is 0. The fourth-order valence-electron chi connectivity index (χ4n) is 10.2. The molecule has 0 saturated carbocycles. The molecule has 0 aliphatic carbocycles. The van der Waals surface area contributed by atoms with E-state index in [1.807, 2.05) is 66.9 Å². The molecule has 5 nitrogen and oxygen atoms in total. The second kappa shape index (κ2) is 16.5. The van der Waals surface area contributed by atoms with Gasteiger partial charge in [-0.2, -0.15) is 0 Å². The Hall–Kier alpha value is -9.32. The zero-order valence-corrected chi connectivity index (χ0v) is 37.5. The van der Waals surface area contributed by atoms with E-state index >= 15 is 0 Å². The normalized spacial score (nSPS) is 12.1. The fourth-order valence-corrected chi connectivity index (χ4v) is 10.2. The van der Waals surface area contributed by atoms with Crippen LogP contribution < -0.4 is 0 Å². The first-order valence-electron chi connectivity index (χ1n) is 23.3. The molecule has 13 aromatic rings. The Morgan fingerprint density at radius 2 is 0.957 bits per heavy atom. The van der Waals surface area contributed by atoms with Crippen LogP contribution in [0, 0.1) is 0 Å². The SMILES string of the molecule is C=C(N=C(N=Cc1ccccc1)c1ccccc1)c1cc(-c2ccccc2)c(-n2c3ccccc3c3c4oc5c(ccc6c7ccccc7n(-c7ccccc7)c65)c4ccc32)c(-c2ccccc2)c1. The van der Waals surface area contributed by atoms with Gasteiger partial charge in [-0.25, -0.2) is 9.98 Å². The molecule has 69 heavy (non-hydrogen) atoms. The van der Waals surface area contributed by atoms with Crippen molar-refractivity contribution in [2.45, 2.75) is 0 Å². The van der Waals surface area contributed by atoms with E-state index in [4.69, 9.17) is 14.4 Å². The largest absolute Gasteiger partial charge is 0.453 e. The van der Waals surface area contributed by atoms with Crippen LogP contribution in [-0.2, 0) is 0 Å². The van der Waals surface area contributed by atoms with Crippen LogP contribution in [0.1, 0.15) is 16.7 Å². The summed E-state index contributed by atoms with van der Waals surface area (Å²) in [6.07, 6.45) is 1.86. The molecule has 13 rings (SSSR count). The van der Waals surface area contributed by atoms with Crippen LogP contribution in [0.3, 0.4) is 0 Å². The number of aromatic nitrogens is 2. The van der Waals surface area contributed by atoms with Gasteiger partial charge >= 0.3 is 0 Å². The van der Waals surface area contributed by atoms with Crippen molar-refractivity contribution < 1.29 is 4.42 Å². The quantitative estimate of drug-likeness (QED) is 0.111. The summed E-state index contributed by atoms with van der Waals surface area (Å²) in [5.41, 5.74) is 15.8. The second-order valence-electron chi connectivity index (χ2n) is 17.4. The van der Waals surface area contributed by atoms with E-state index in [1.54, 1.807) is 0 Å². The van der Waals surface area contributed by atoms with Crippen LogP contribution in [0.4, 0.5) is 0 Å². The molecule has 0 N–H and O–H groups in total. The molecule has 0 spiro atoms. The van der Waals surface area contributed by atoms with Gasteiger partial charge in [0, 0.05) is 61.1 Å². The van der Waals surface area contributed by atoms with Crippen LogP contribution in [-0.4, -0.2) is 21.2 Å². The highest BCUT2D eigenvalue weighted by molar-refractivity contribution is 6.28. The number of para-hydroxylation sites is 3. The average molecular weight is 883 g/mol. The van der Waals surface area contributed by atoms with Crippen LogP contribution >= 0.6 is 0 Å². The van der Waals surface area contributed by atoms with Crippen LogP contribution in [0.25, 0.3) is 105 Å². The zero-order valence-electron chi connectivity index (χ0n) is 37.5. The summed E-state index contributed by atoms with van der Waals surface area (Å²) in [6.45, 7) is 4.64. The summed E-state index contributed by atoms with van der Waals surface area (Å²) in [7, 11) is 0. The molecular weight excluding hydrogens is 841 g/mol. The van der Waals surface area contributed by atoms with Gasteiger partial charge < -0.3 is 13.6 Å².